The fourth-order valence-corrected chi connectivity index (χ4v) is 4.59. The van der Waals surface area contributed by atoms with E-state index in [1.165, 1.54) is 16.0 Å². The Morgan fingerprint density at radius 2 is 2.12 bits per heavy atom. The van der Waals surface area contributed by atoms with Gasteiger partial charge in [0.2, 0.25) is 0 Å². The summed E-state index contributed by atoms with van der Waals surface area (Å²) in [4.78, 5) is 9.68. The average molecular weight is 375 g/mol. The van der Waals surface area contributed by atoms with Crippen LogP contribution in [0.15, 0.2) is 45.6 Å². The Balaban J connectivity index is 1.80. The molecular weight excluding hydrogens is 348 g/mol. The molecule has 0 amide bonds. The fraction of sp³-hybridized carbons (Fsp3) is 0.421. The molecule has 4 nitrogen and oxygen atoms in total. The van der Waals surface area contributed by atoms with E-state index >= 15 is 0 Å². The first kappa shape index (κ1) is 18.3. The van der Waals surface area contributed by atoms with Crippen molar-refractivity contribution in [3.8, 4) is 0 Å². The molecule has 1 aromatic heterocycles. The molecule has 25 heavy (non-hydrogen) atoms. The zero-order valence-corrected chi connectivity index (χ0v) is 16.7. The minimum absolute atomic E-state index is 0.328. The van der Waals surface area contributed by atoms with Crippen LogP contribution in [-0.4, -0.2) is 44.3 Å². The van der Waals surface area contributed by atoms with Crippen LogP contribution in [0.25, 0.3) is 0 Å². The third-order valence-corrected chi connectivity index (χ3v) is 6.47. The topological polar surface area (TPSA) is 39.7 Å². The van der Waals surface area contributed by atoms with Crippen molar-refractivity contribution < 1.29 is 0 Å². The van der Waals surface area contributed by atoms with Crippen molar-refractivity contribution >= 4 is 29.1 Å². The van der Waals surface area contributed by atoms with E-state index in [1.54, 1.807) is 23.7 Å². The van der Waals surface area contributed by atoms with Crippen LogP contribution in [0.3, 0.4) is 0 Å². The fourth-order valence-electron chi connectivity index (χ4n) is 3.29. The van der Waals surface area contributed by atoms with E-state index in [1.807, 2.05) is 18.4 Å². The molecule has 0 saturated heterocycles. The molecule has 134 valence electrons. The summed E-state index contributed by atoms with van der Waals surface area (Å²) in [6.45, 7) is 2.96. The number of nitrogens with one attached hydrogen (secondary N) is 2. The molecule has 0 aliphatic carbocycles. The van der Waals surface area contributed by atoms with Gasteiger partial charge in [0.05, 0.1) is 6.04 Å². The van der Waals surface area contributed by atoms with Crippen molar-refractivity contribution in [1.82, 2.24) is 15.5 Å². The molecule has 0 radical (unpaired) electrons. The third-order valence-electron chi connectivity index (χ3n) is 4.70. The van der Waals surface area contributed by atoms with Crippen molar-refractivity contribution in [3.05, 3.63) is 51.7 Å². The SMILES string of the molecule is CN=C(NC)NCC(c1ccc(SC)cc1)N1CCc2sccc2C1. The predicted octanol–water partition coefficient (Wildman–Crippen LogP) is 3.36. The molecule has 1 unspecified atom stereocenters. The van der Waals surface area contributed by atoms with Gasteiger partial charge >= 0.3 is 0 Å². The van der Waals surface area contributed by atoms with Crippen LogP contribution in [0.5, 0.6) is 0 Å². The maximum Gasteiger partial charge on any atom is 0.190 e. The first-order valence-electron chi connectivity index (χ1n) is 8.56. The average Bonchev–Trinajstić information content (AvgIpc) is 3.13. The Morgan fingerprint density at radius 3 is 2.80 bits per heavy atom. The van der Waals surface area contributed by atoms with Gasteiger partial charge in [0.1, 0.15) is 0 Å². The van der Waals surface area contributed by atoms with Gasteiger partial charge in [-0.05, 0) is 47.4 Å². The zero-order chi connectivity index (χ0) is 17.6. The van der Waals surface area contributed by atoms with Gasteiger partial charge in [-0.3, -0.25) is 9.89 Å². The predicted molar refractivity (Wildman–Crippen MR) is 110 cm³/mol. The largest absolute Gasteiger partial charge is 0.359 e. The van der Waals surface area contributed by atoms with Crippen LogP contribution in [0.4, 0.5) is 0 Å². The minimum atomic E-state index is 0.328. The summed E-state index contributed by atoms with van der Waals surface area (Å²) in [5.74, 6) is 0.832. The van der Waals surface area contributed by atoms with Gasteiger partial charge in [-0.2, -0.15) is 0 Å². The van der Waals surface area contributed by atoms with E-state index in [0.29, 0.717) is 6.04 Å². The van der Waals surface area contributed by atoms with Gasteiger partial charge in [-0.25, -0.2) is 0 Å². The van der Waals surface area contributed by atoms with Crippen LogP contribution in [0.1, 0.15) is 22.0 Å². The van der Waals surface area contributed by atoms with Gasteiger partial charge in [-0.1, -0.05) is 12.1 Å². The lowest BCUT2D eigenvalue weighted by Crippen LogP contribution is -2.43. The van der Waals surface area contributed by atoms with Gasteiger partial charge < -0.3 is 10.6 Å². The standard InChI is InChI=1S/C19H26N4S2/c1-20-19(21-2)22-12-17(14-4-6-16(24-3)7-5-14)23-10-8-18-15(13-23)9-11-25-18/h4-7,9,11,17H,8,10,12-13H2,1-3H3,(H2,20,21,22). The molecule has 2 N–H and O–H groups in total. The minimum Gasteiger partial charge on any atom is -0.359 e. The summed E-state index contributed by atoms with van der Waals surface area (Å²) < 4.78 is 0. The van der Waals surface area contributed by atoms with Gasteiger partial charge in [0, 0.05) is 43.5 Å². The molecule has 2 heterocycles. The summed E-state index contributed by atoms with van der Waals surface area (Å²) in [7, 11) is 3.70. The quantitative estimate of drug-likeness (QED) is 0.478. The first-order chi connectivity index (χ1) is 12.2. The Morgan fingerprint density at radius 1 is 1.32 bits per heavy atom. The Labute approximate surface area is 158 Å². The van der Waals surface area contributed by atoms with E-state index in [0.717, 1.165) is 32.0 Å². The number of fused-ring (bicyclic) bond motifs is 1. The van der Waals surface area contributed by atoms with Crippen molar-refractivity contribution in [2.45, 2.75) is 23.9 Å². The summed E-state index contributed by atoms with van der Waals surface area (Å²) in [5.41, 5.74) is 2.84. The summed E-state index contributed by atoms with van der Waals surface area (Å²) >= 11 is 3.68. The zero-order valence-electron chi connectivity index (χ0n) is 15.1. The highest BCUT2D eigenvalue weighted by molar-refractivity contribution is 7.98. The molecule has 1 aliphatic heterocycles. The van der Waals surface area contributed by atoms with Crippen molar-refractivity contribution in [2.24, 2.45) is 4.99 Å². The van der Waals surface area contributed by atoms with E-state index in [-0.39, 0.29) is 0 Å². The van der Waals surface area contributed by atoms with Crippen LogP contribution < -0.4 is 10.6 Å². The first-order valence-corrected chi connectivity index (χ1v) is 10.7. The number of hydrogen-bond acceptors (Lipinski definition) is 4. The van der Waals surface area contributed by atoms with Crippen LogP contribution in [0.2, 0.25) is 0 Å². The molecule has 1 aromatic carbocycles. The lowest BCUT2D eigenvalue weighted by atomic mass is 10.0. The van der Waals surface area contributed by atoms with Crippen LogP contribution in [-0.2, 0) is 13.0 Å². The Kier molecular flexibility index (Phi) is 6.39. The highest BCUT2D eigenvalue weighted by Crippen LogP contribution is 2.30. The van der Waals surface area contributed by atoms with E-state index in [4.69, 9.17) is 0 Å². The molecule has 0 saturated carbocycles. The van der Waals surface area contributed by atoms with Gasteiger partial charge in [0.25, 0.3) is 0 Å². The van der Waals surface area contributed by atoms with E-state index < -0.39 is 0 Å². The van der Waals surface area contributed by atoms with Crippen LogP contribution in [0, 0.1) is 0 Å². The van der Waals surface area contributed by atoms with Crippen LogP contribution >= 0.6 is 23.1 Å². The summed E-state index contributed by atoms with van der Waals surface area (Å²) in [5, 5.41) is 8.79. The molecule has 6 heteroatoms. The highest BCUT2D eigenvalue weighted by Gasteiger charge is 2.25. The maximum absolute atomic E-state index is 4.25. The second-order valence-electron chi connectivity index (χ2n) is 6.08. The molecule has 2 aromatic rings. The molecule has 0 spiro atoms. The molecule has 3 rings (SSSR count). The van der Waals surface area contributed by atoms with Crippen molar-refractivity contribution in [1.29, 1.82) is 0 Å². The number of rotatable bonds is 5. The van der Waals surface area contributed by atoms with E-state index in [2.05, 4.69) is 62.5 Å². The van der Waals surface area contributed by atoms with Crippen molar-refractivity contribution in [3.63, 3.8) is 0 Å². The van der Waals surface area contributed by atoms with E-state index in [9.17, 15) is 0 Å². The molecular formula is C19H26N4S2. The molecule has 1 aliphatic rings. The number of guanidine groups is 1. The number of thiophene rings is 1. The Bertz CT molecular complexity index is 708. The van der Waals surface area contributed by atoms with Gasteiger partial charge in [0.15, 0.2) is 5.96 Å². The number of hydrogen-bond donors (Lipinski definition) is 2. The molecule has 0 fully saturated rings. The number of benzene rings is 1. The third kappa shape index (κ3) is 4.37. The lowest BCUT2D eigenvalue weighted by molar-refractivity contribution is 0.181. The van der Waals surface area contributed by atoms with Gasteiger partial charge in [-0.15, -0.1) is 23.1 Å². The molecule has 0 bridgehead atoms. The number of nitrogens with zero attached hydrogens (tertiary/aromatic N) is 2. The summed E-state index contributed by atoms with van der Waals surface area (Å²) in [6.07, 6.45) is 3.26. The van der Waals surface area contributed by atoms with Crippen molar-refractivity contribution in [2.75, 3.05) is 33.4 Å². The maximum atomic E-state index is 4.25. The number of aliphatic imine (C=N–C) groups is 1. The highest BCUT2D eigenvalue weighted by atomic mass is 32.2. The summed E-state index contributed by atoms with van der Waals surface area (Å²) in [6, 6.07) is 11.6. The number of thioether (sulfide) groups is 1. The normalized spacial score (nSPS) is 16.4. The second-order valence-corrected chi connectivity index (χ2v) is 7.96. The lowest BCUT2D eigenvalue weighted by Gasteiger charge is -2.35. The molecule has 1 atom stereocenters. The smallest absolute Gasteiger partial charge is 0.190 e. The Hall–Kier alpha value is -1.50. The monoisotopic (exact) mass is 374 g/mol. The second kappa shape index (κ2) is 8.74.